The van der Waals surface area contributed by atoms with E-state index in [0.717, 1.165) is 54.6 Å². The van der Waals surface area contributed by atoms with Gasteiger partial charge < -0.3 is 14.8 Å². The summed E-state index contributed by atoms with van der Waals surface area (Å²) in [4.78, 5) is 21.5. The van der Waals surface area contributed by atoms with Crippen molar-refractivity contribution in [2.45, 2.75) is 31.7 Å². The Bertz CT molecular complexity index is 1280. The maximum atomic E-state index is 14.0. The number of benzene rings is 1. The number of aliphatic carboxylic acids is 1. The van der Waals surface area contributed by atoms with Gasteiger partial charge in [-0.2, -0.15) is 0 Å². The van der Waals surface area contributed by atoms with Gasteiger partial charge in [-0.15, -0.1) is 0 Å². The normalized spacial score (nSPS) is 19.3. The summed E-state index contributed by atoms with van der Waals surface area (Å²) in [5.41, 5.74) is 5.13. The van der Waals surface area contributed by atoms with Crippen LogP contribution in [0.4, 0.5) is 4.39 Å². The summed E-state index contributed by atoms with van der Waals surface area (Å²) in [6.07, 6.45) is 9.05. The van der Waals surface area contributed by atoms with Gasteiger partial charge in [-0.25, -0.2) is 14.2 Å². The molecule has 0 saturated carbocycles. The van der Waals surface area contributed by atoms with Gasteiger partial charge in [0.1, 0.15) is 17.2 Å². The molecule has 2 N–H and O–H groups in total. The van der Waals surface area contributed by atoms with Gasteiger partial charge in [-0.3, -0.25) is 4.90 Å². The number of ether oxygens (including phenoxy) is 1. The van der Waals surface area contributed by atoms with Crippen molar-refractivity contribution in [3.63, 3.8) is 0 Å². The van der Waals surface area contributed by atoms with E-state index in [1.165, 1.54) is 17.7 Å². The summed E-state index contributed by atoms with van der Waals surface area (Å²) in [5, 5.41) is 10.1. The van der Waals surface area contributed by atoms with E-state index >= 15 is 0 Å². The Balaban J connectivity index is 1.39. The van der Waals surface area contributed by atoms with Crippen LogP contribution in [0.2, 0.25) is 0 Å². The number of carbonyl (C=O) groups is 1. The van der Waals surface area contributed by atoms with Crippen LogP contribution in [-0.2, 0) is 4.79 Å². The van der Waals surface area contributed by atoms with Crippen LogP contribution in [0.3, 0.4) is 0 Å². The lowest BCUT2D eigenvalue weighted by molar-refractivity contribution is -0.132. The molecule has 5 rings (SSSR count). The molecule has 0 spiro atoms. The number of hydrogen-bond acceptors (Lipinski definition) is 4. The number of nitrogens with zero attached hydrogens (tertiary/aromatic N) is 2. The maximum Gasteiger partial charge on any atom is 0.331 e. The lowest BCUT2D eigenvalue weighted by atomic mass is 9.92. The highest BCUT2D eigenvalue weighted by Gasteiger charge is 2.25. The van der Waals surface area contributed by atoms with Gasteiger partial charge in [-0.05, 0) is 67.2 Å². The average Bonchev–Trinajstić information content (AvgIpc) is 3.29. The van der Waals surface area contributed by atoms with Crippen LogP contribution in [0, 0.1) is 5.82 Å². The smallest absolute Gasteiger partial charge is 0.331 e. The van der Waals surface area contributed by atoms with E-state index in [4.69, 9.17) is 9.84 Å². The monoisotopic (exact) mass is 447 g/mol. The van der Waals surface area contributed by atoms with Crippen molar-refractivity contribution in [3.8, 4) is 16.9 Å². The van der Waals surface area contributed by atoms with Crippen molar-refractivity contribution in [2.75, 3.05) is 20.2 Å². The Morgan fingerprint density at radius 3 is 2.79 bits per heavy atom. The molecule has 1 aliphatic heterocycles. The number of hydrogen-bond donors (Lipinski definition) is 2. The molecule has 3 aromatic rings. The SMILES string of the molecule is COc1ccc(F)cc1-c1ccnc2[nH]c(C3=CCN(C4CC=C(C(=O)O)CC4)CC3)cc12. The molecule has 1 aromatic carbocycles. The van der Waals surface area contributed by atoms with Gasteiger partial charge in [0.2, 0.25) is 0 Å². The van der Waals surface area contributed by atoms with Crippen LogP contribution in [0.25, 0.3) is 27.7 Å². The average molecular weight is 448 g/mol. The minimum atomic E-state index is -0.795. The van der Waals surface area contributed by atoms with Gasteiger partial charge in [0.25, 0.3) is 0 Å². The first kappa shape index (κ1) is 21.4. The first-order valence-electron chi connectivity index (χ1n) is 11.2. The minimum Gasteiger partial charge on any atom is -0.496 e. The largest absolute Gasteiger partial charge is 0.496 e. The fourth-order valence-electron chi connectivity index (χ4n) is 4.93. The van der Waals surface area contributed by atoms with Crippen LogP contribution in [0.15, 0.2) is 54.3 Å². The van der Waals surface area contributed by atoms with Crippen LogP contribution in [-0.4, -0.2) is 52.2 Å². The molecular weight excluding hydrogens is 421 g/mol. The zero-order chi connectivity index (χ0) is 22.9. The minimum absolute atomic E-state index is 0.311. The van der Waals surface area contributed by atoms with Crippen molar-refractivity contribution >= 4 is 22.6 Å². The zero-order valence-electron chi connectivity index (χ0n) is 18.5. The standard InChI is InChI=1S/C26H26FN3O3/c1-33-24-7-4-18(27)14-21(24)20-8-11-28-25-22(20)15-23(29-25)16-9-12-30(13-10-16)19-5-2-17(3-6-19)26(31)32/h2,4,7-9,11,14-15,19H,3,5-6,10,12-13H2,1H3,(H,28,29)(H,31,32). The van der Waals surface area contributed by atoms with Crippen LogP contribution in [0.1, 0.15) is 31.4 Å². The molecule has 1 unspecified atom stereocenters. The summed E-state index contributed by atoms with van der Waals surface area (Å²) in [7, 11) is 1.58. The molecule has 0 fully saturated rings. The second-order valence-corrected chi connectivity index (χ2v) is 8.59. The molecule has 33 heavy (non-hydrogen) atoms. The second kappa shape index (κ2) is 8.83. The fraction of sp³-hybridized carbons (Fsp3) is 0.308. The highest BCUT2D eigenvalue weighted by Crippen LogP contribution is 2.37. The first-order valence-corrected chi connectivity index (χ1v) is 11.2. The van der Waals surface area contributed by atoms with Gasteiger partial charge in [0.05, 0.1) is 7.11 Å². The Labute approximate surface area is 191 Å². The number of H-pyrrole nitrogens is 1. The number of aromatic nitrogens is 2. The van der Waals surface area contributed by atoms with Crippen molar-refractivity contribution in [2.24, 2.45) is 0 Å². The summed E-state index contributed by atoms with van der Waals surface area (Å²) in [6, 6.07) is 8.89. The molecule has 0 bridgehead atoms. The number of pyridine rings is 1. The van der Waals surface area contributed by atoms with Crippen molar-refractivity contribution < 1.29 is 19.0 Å². The summed E-state index contributed by atoms with van der Waals surface area (Å²) in [6.45, 7) is 1.77. The van der Waals surface area contributed by atoms with Gasteiger partial charge >= 0.3 is 5.97 Å². The molecule has 3 heterocycles. The number of fused-ring (bicyclic) bond motifs is 1. The Kier molecular flexibility index (Phi) is 5.72. The second-order valence-electron chi connectivity index (χ2n) is 8.59. The lowest BCUT2D eigenvalue weighted by Crippen LogP contribution is -2.39. The highest BCUT2D eigenvalue weighted by atomic mass is 19.1. The highest BCUT2D eigenvalue weighted by molar-refractivity contribution is 5.96. The molecule has 1 atom stereocenters. The van der Waals surface area contributed by atoms with Gasteiger partial charge in [0.15, 0.2) is 0 Å². The maximum absolute atomic E-state index is 14.0. The molecule has 0 radical (unpaired) electrons. The van der Waals surface area contributed by atoms with Crippen molar-refractivity contribution in [3.05, 3.63) is 65.8 Å². The van der Waals surface area contributed by atoms with E-state index in [2.05, 4.69) is 27.0 Å². The molecule has 2 aliphatic rings. The number of methoxy groups -OCH3 is 1. The molecule has 2 aromatic heterocycles. The molecule has 170 valence electrons. The van der Waals surface area contributed by atoms with E-state index in [1.54, 1.807) is 19.4 Å². The predicted octanol–water partition coefficient (Wildman–Crippen LogP) is 5.03. The fourth-order valence-corrected chi connectivity index (χ4v) is 4.93. The quantitative estimate of drug-likeness (QED) is 0.574. The zero-order valence-corrected chi connectivity index (χ0v) is 18.5. The van der Waals surface area contributed by atoms with Crippen LogP contribution < -0.4 is 4.74 Å². The number of rotatable bonds is 5. The third-order valence-electron chi connectivity index (χ3n) is 6.74. The van der Waals surface area contributed by atoms with E-state index < -0.39 is 5.97 Å². The number of aromatic amines is 1. The lowest BCUT2D eigenvalue weighted by Gasteiger charge is -2.35. The van der Waals surface area contributed by atoms with E-state index in [9.17, 15) is 9.18 Å². The third-order valence-corrected chi connectivity index (χ3v) is 6.74. The number of nitrogens with one attached hydrogen (secondary N) is 1. The predicted molar refractivity (Wildman–Crippen MR) is 126 cm³/mol. The summed E-state index contributed by atoms with van der Waals surface area (Å²) in [5.74, 6) is -0.488. The number of carboxylic acids is 1. The Morgan fingerprint density at radius 2 is 2.09 bits per heavy atom. The number of halogens is 1. The molecule has 7 heteroatoms. The van der Waals surface area contributed by atoms with Gasteiger partial charge in [-0.1, -0.05) is 12.2 Å². The molecule has 0 amide bonds. The summed E-state index contributed by atoms with van der Waals surface area (Å²) < 4.78 is 19.5. The Hall–Kier alpha value is -3.45. The molecule has 1 aliphatic carbocycles. The Morgan fingerprint density at radius 1 is 1.21 bits per heavy atom. The first-order chi connectivity index (χ1) is 16.0. The molecule has 0 saturated heterocycles. The van der Waals surface area contributed by atoms with Crippen LogP contribution >= 0.6 is 0 Å². The van der Waals surface area contributed by atoms with E-state index in [1.807, 2.05) is 12.1 Å². The van der Waals surface area contributed by atoms with E-state index in [0.29, 0.717) is 29.3 Å². The van der Waals surface area contributed by atoms with Gasteiger partial charge in [0, 0.05) is 47.5 Å². The summed E-state index contributed by atoms with van der Waals surface area (Å²) >= 11 is 0. The topological polar surface area (TPSA) is 78.5 Å². The van der Waals surface area contributed by atoms with E-state index in [-0.39, 0.29) is 5.82 Å². The number of carboxylic acid groups (broad SMARTS) is 1. The third kappa shape index (κ3) is 4.16. The van der Waals surface area contributed by atoms with Crippen molar-refractivity contribution in [1.29, 1.82) is 0 Å². The van der Waals surface area contributed by atoms with Crippen molar-refractivity contribution in [1.82, 2.24) is 14.9 Å². The van der Waals surface area contributed by atoms with Crippen LogP contribution in [0.5, 0.6) is 5.75 Å². The molecular formula is C26H26FN3O3. The molecule has 6 nitrogen and oxygen atoms in total.